The second-order valence-corrected chi connectivity index (χ2v) is 7.53. The topological polar surface area (TPSA) is 41.5 Å². The zero-order chi connectivity index (χ0) is 18.9. The number of hydrogen-bond acceptors (Lipinski definition) is 3. The number of allylic oxidation sites excluding steroid dienone is 2. The molecule has 2 N–H and O–H groups in total. The zero-order valence-corrected chi connectivity index (χ0v) is 15.6. The molecule has 0 amide bonds. The standard InChI is InChI=1S/C25H23NO2/c27-22-14-7-13-20-18-11-6-12-19(18)24(26-25(20)22)21-10-4-5-15-23(21)28-16-17-8-2-1-3-9-17/h1-11,13-15,18-19,24,26-27H,12,16H2. The second kappa shape index (κ2) is 7.08. The third-order valence-electron chi connectivity index (χ3n) is 5.87. The predicted octanol–water partition coefficient (Wildman–Crippen LogP) is 5.80. The summed E-state index contributed by atoms with van der Waals surface area (Å²) in [6.45, 7) is 0.540. The number of rotatable bonds is 4. The Hall–Kier alpha value is -3.20. The molecule has 3 unspecified atom stereocenters. The first kappa shape index (κ1) is 16.9. The fourth-order valence-corrected chi connectivity index (χ4v) is 4.52. The molecule has 5 rings (SSSR count). The smallest absolute Gasteiger partial charge is 0.138 e. The Balaban J connectivity index is 1.49. The van der Waals surface area contributed by atoms with E-state index in [0.717, 1.165) is 29.0 Å². The average molecular weight is 369 g/mol. The van der Waals surface area contributed by atoms with E-state index in [1.54, 1.807) is 6.07 Å². The van der Waals surface area contributed by atoms with Gasteiger partial charge in [0.1, 0.15) is 18.1 Å². The first-order chi connectivity index (χ1) is 13.8. The SMILES string of the molecule is Oc1cccc2c1NC(c1ccccc1OCc1ccccc1)C1CC=CC21. The maximum atomic E-state index is 10.4. The first-order valence-corrected chi connectivity index (χ1v) is 9.82. The molecule has 1 aliphatic carbocycles. The normalized spacial score (nSPS) is 22.2. The van der Waals surface area contributed by atoms with Gasteiger partial charge in [0, 0.05) is 11.5 Å². The summed E-state index contributed by atoms with van der Waals surface area (Å²) in [5.41, 5.74) is 4.32. The molecule has 1 aliphatic heterocycles. The van der Waals surface area contributed by atoms with Gasteiger partial charge in [-0.2, -0.15) is 0 Å². The monoisotopic (exact) mass is 369 g/mol. The van der Waals surface area contributed by atoms with E-state index in [0.29, 0.717) is 24.2 Å². The number of nitrogens with one attached hydrogen (secondary N) is 1. The van der Waals surface area contributed by atoms with Crippen molar-refractivity contribution in [2.75, 3.05) is 5.32 Å². The minimum Gasteiger partial charge on any atom is -0.506 e. The minimum absolute atomic E-state index is 0.0905. The first-order valence-electron chi connectivity index (χ1n) is 9.82. The molecular weight excluding hydrogens is 346 g/mol. The molecule has 0 saturated carbocycles. The molecule has 0 spiro atoms. The van der Waals surface area contributed by atoms with Gasteiger partial charge in [-0.15, -0.1) is 0 Å². The minimum atomic E-state index is 0.0905. The molecule has 0 aromatic heterocycles. The summed E-state index contributed by atoms with van der Waals surface area (Å²) in [7, 11) is 0. The van der Waals surface area contributed by atoms with Crippen molar-refractivity contribution in [1.82, 2.24) is 0 Å². The van der Waals surface area contributed by atoms with Gasteiger partial charge in [0.25, 0.3) is 0 Å². The molecule has 3 nitrogen and oxygen atoms in total. The van der Waals surface area contributed by atoms with Gasteiger partial charge in [-0.1, -0.05) is 72.8 Å². The molecule has 3 heteroatoms. The lowest BCUT2D eigenvalue weighted by molar-refractivity contribution is 0.296. The van der Waals surface area contributed by atoms with Crippen LogP contribution in [0.1, 0.15) is 35.1 Å². The maximum Gasteiger partial charge on any atom is 0.138 e. The van der Waals surface area contributed by atoms with Gasteiger partial charge in [0.15, 0.2) is 0 Å². The average Bonchev–Trinajstić information content (AvgIpc) is 3.23. The number of phenols is 1. The number of ether oxygens (including phenoxy) is 1. The lowest BCUT2D eigenvalue weighted by atomic mass is 9.76. The van der Waals surface area contributed by atoms with Crippen LogP contribution in [-0.4, -0.2) is 5.11 Å². The van der Waals surface area contributed by atoms with Gasteiger partial charge >= 0.3 is 0 Å². The fraction of sp³-hybridized carbons (Fsp3) is 0.200. The van der Waals surface area contributed by atoms with Gasteiger partial charge in [0.2, 0.25) is 0 Å². The molecule has 28 heavy (non-hydrogen) atoms. The quantitative estimate of drug-likeness (QED) is 0.451. The van der Waals surface area contributed by atoms with Crippen molar-refractivity contribution in [2.45, 2.75) is 25.0 Å². The van der Waals surface area contributed by atoms with Crippen LogP contribution in [0.4, 0.5) is 5.69 Å². The summed E-state index contributed by atoms with van der Waals surface area (Å²) >= 11 is 0. The Morgan fingerprint density at radius 3 is 2.57 bits per heavy atom. The van der Waals surface area contributed by atoms with E-state index in [4.69, 9.17) is 4.74 Å². The number of phenolic OH excluding ortho intramolecular Hbond substituents is 1. The van der Waals surface area contributed by atoms with Crippen LogP contribution < -0.4 is 10.1 Å². The van der Waals surface area contributed by atoms with E-state index >= 15 is 0 Å². The molecule has 140 valence electrons. The molecule has 3 aromatic rings. The summed E-state index contributed by atoms with van der Waals surface area (Å²) in [4.78, 5) is 0. The van der Waals surface area contributed by atoms with Crippen LogP contribution in [-0.2, 0) is 6.61 Å². The third kappa shape index (κ3) is 2.93. The number of fused-ring (bicyclic) bond motifs is 3. The highest BCUT2D eigenvalue weighted by Crippen LogP contribution is 2.53. The molecule has 0 bridgehead atoms. The van der Waals surface area contributed by atoms with Gasteiger partial charge in [-0.05, 0) is 35.6 Å². The van der Waals surface area contributed by atoms with E-state index in [9.17, 15) is 5.11 Å². The number of hydrogen-bond donors (Lipinski definition) is 2. The van der Waals surface area contributed by atoms with Crippen LogP contribution in [0.3, 0.4) is 0 Å². The van der Waals surface area contributed by atoms with Crippen molar-refractivity contribution in [3.63, 3.8) is 0 Å². The predicted molar refractivity (Wildman–Crippen MR) is 112 cm³/mol. The van der Waals surface area contributed by atoms with Gasteiger partial charge < -0.3 is 15.2 Å². The Kier molecular flexibility index (Phi) is 4.28. The van der Waals surface area contributed by atoms with E-state index in [1.165, 1.54) is 5.56 Å². The molecule has 0 radical (unpaired) electrons. The summed E-state index contributed by atoms with van der Waals surface area (Å²) in [5.74, 6) is 1.93. The van der Waals surface area contributed by atoms with Gasteiger partial charge in [-0.3, -0.25) is 0 Å². The second-order valence-electron chi connectivity index (χ2n) is 7.53. The molecule has 3 atom stereocenters. The van der Waals surface area contributed by atoms with Crippen molar-refractivity contribution in [1.29, 1.82) is 0 Å². The Morgan fingerprint density at radius 1 is 0.893 bits per heavy atom. The highest BCUT2D eigenvalue weighted by atomic mass is 16.5. The van der Waals surface area contributed by atoms with E-state index in [-0.39, 0.29) is 6.04 Å². The lowest BCUT2D eigenvalue weighted by Crippen LogP contribution is -2.29. The molecular formula is C25H23NO2. The van der Waals surface area contributed by atoms with E-state index < -0.39 is 0 Å². The lowest BCUT2D eigenvalue weighted by Gasteiger charge is -2.38. The summed E-state index contributed by atoms with van der Waals surface area (Å²) in [5, 5.41) is 14.1. The molecule has 1 heterocycles. The molecule has 0 saturated heterocycles. The van der Waals surface area contributed by atoms with Crippen molar-refractivity contribution in [3.8, 4) is 11.5 Å². The Bertz CT molecular complexity index is 1010. The zero-order valence-electron chi connectivity index (χ0n) is 15.6. The molecule has 2 aliphatic rings. The van der Waals surface area contributed by atoms with E-state index in [1.807, 2.05) is 36.4 Å². The number of benzene rings is 3. The fourth-order valence-electron chi connectivity index (χ4n) is 4.52. The summed E-state index contributed by atoms with van der Waals surface area (Å²) in [6, 6.07) is 24.4. The Labute approximate surface area is 165 Å². The van der Waals surface area contributed by atoms with Crippen LogP contribution in [0, 0.1) is 5.92 Å². The van der Waals surface area contributed by atoms with Crippen LogP contribution in [0.15, 0.2) is 84.9 Å². The maximum absolute atomic E-state index is 10.4. The van der Waals surface area contributed by atoms with Crippen LogP contribution in [0.2, 0.25) is 0 Å². The van der Waals surface area contributed by atoms with E-state index in [2.05, 4.69) is 47.8 Å². The largest absolute Gasteiger partial charge is 0.506 e. The van der Waals surface area contributed by atoms with Crippen molar-refractivity contribution in [2.24, 2.45) is 5.92 Å². The highest BCUT2D eigenvalue weighted by Gasteiger charge is 2.39. The van der Waals surface area contributed by atoms with Crippen molar-refractivity contribution < 1.29 is 9.84 Å². The van der Waals surface area contributed by atoms with Crippen molar-refractivity contribution >= 4 is 5.69 Å². The van der Waals surface area contributed by atoms with Gasteiger partial charge in [0.05, 0.1) is 11.7 Å². The number of anilines is 1. The number of aromatic hydroxyl groups is 1. The third-order valence-corrected chi connectivity index (χ3v) is 5.87. The highest BCUT2D eigenvalue weighted by molar-refractivity contribution is 5.67. The number of para-hydroxylation sites is 2. The summed E-state index contributed by atoms with van der Waals surface area (Å²) < 4.78 is 6.22. The van der Waals surface area contributed by atoms with Crippen LogP contribution in [0.25, 0.3) is 0 Å². The molecule has 0 fully saturated rings. The van der Waals surface area contributed by atoms with Crippen molar-refractivity contribution in [3.05, 3.63) is 102 Å². The Morgan fingerprint density at radius 2 is 1.68 bits per heavy atom. The van der Waals surface area contributed by atoms with Crippen LogP contribution in [0.5, 0.6) is 11.5 Å². The summed E-state index contributed by atoms with van der Waals surface area (Å²) in [6.07, 6.45) is 5.56. The molecule has 3 aromatic carbocycles. The van der Waals surface area contributed by atoms with Crippen LogP contribution >= 0.6 is 0 Å². The van der Waals surface area contributed by atoms with Gasteiger partial charge in [-0.25, -0.2) is 0 Å².